The van der Waals surface area contributed by atoms with Gasteiger partial charge in [0.1, 0.15) is 0 Å². The molecule has 1 aromatic rings. The Bertz CT molecular complexity index is 336. The molecular weight excluding hydrogens is 232 g/mol. The zero-order valence-corrected chi connectivity index (χ0v) is 12.3. The predicted molar refractivity (Wildman–Crippen MR) is 82.2 cm³/mol. The highest BCUT2D eigenvalue weighted by Crippen LogP contribution is 2.22. The van der Waals surface area contributed by atoms with E-state index >= 15 is 0 Å². The Morgan fingerprint density at radius 3 is 2.89 bits per heavy atom. The summed E-state index contributed by atoms with van der Waals surface area (Å²) in [5.41, 5.74) is 1.45. The summed E-state index contributed by atoms with van der Waals surface area (Å²) in [6, 6.07) is 10.9. The average Bonchev–Trinajstić information content (AvgIpc) is 2.45. The van der Waals surface area contributed by atoms with Crippen molar-refractivity contribution < 1.29 is 0 Å². The molecule has 1 saturated heterocycles. The van der Waals surface area contributed by atoms with Crippen molar-refractivity contribution in [3.8, 4) is 0 Å². The molecule has 19 heavy (non-hydrogen) atoms. The Hall–Kier alpha value is -0.860. The second-order valence-electron chi connectivity index (χ2n) is 5.72. The molecule has 0 amide bonds. The average molecular weight is 260 g/mol. The van der Waals surface area contributed by atoms with Crippen LogP contribution in [0.2, 0.25) is 0 Å². The lowest BCUT2D eigenvalue weighted by molar-refractivity contribution is 0.160. The molecule has 1 aliphatic heterocycles. The van der Waals surface area contributed by atoms with Crippen molar-refractivity contribution in [3.05, 3.63) is 35.9 Å². The molecule has 0 bridgehead atoms. The van der Waals surface area contributed by atoms with Crippen LogP contribution in [0.1, 0.15) is 38.2 Å². The van der Waals surface area contributed by atoms with Crippen molar-refractivity contribution in [2.24, 2.45) is 5.92 Å². The van der Waals surface area contributed by atoms with Crippen LogP contribution >= 0.6 is 0 Å². The SMILES string of the molecule is CCNCCC[C@H]1CCCN(Cc2ccccc2)C1. The molecule has 0 spiro atoms. The van der Waals surface area contributed by atoms with Crippen molar-refractivity contribution in [1.82, 2.24) is 10.2 Å². The maximum atomic E-state index is 3.43. The summed E-state index contributed by atoms with van der Waals surface area (Å²) in [5, 5.41) is 3.43. The van der Waals surface area contributed by atoms with Gasteiger partial charge in [-0.05, 0) is 56.8 Å². The van der Waals surface area contributed by atoms with E-state index in [1.54, 1.807) is 0 Å². The van der Waals surface area contributed by atoms with Gasteiger partial charge in [0.2, 0.25) is 0 Å². The van der Waals surface area contributed by atoms with Crippen molar-refractivity contribution in [3.63, 3.8) is 0 Å². The zero-order chi connectivity index (χ0) is 13.3. The van der Waals surface area contributed by atoms with Gasteiger partial charge >= 0.3 is 0 Å². The summed E-state index contributed by atoms with van der Waals surface area (Å²) in [7, 11) is 0. The van der Waals surface area contributed by atoms with Gasteiger partial charge in [0.05, 0.1) is 0 Å². The van der Waals surface area contributed by atoms with Gasteiger partial charge in [0, 0.05) is 13.1 Å². The Morgan fingerprint density at radius 1 is 1.26 bits per heavy atom. The summed E-state index contributed by atoms with van der Waals surface area (Å²) in [6.07, 6.45) is 5.52. The first-order chi connectivity index (χ1) is 9.38. The number of rotatable bonds is 7. The number of likely N-dealkylation sites (tertiary alicyclic amines) is 1. The molecule has 0 aromatic heterocycles. The van der Waals surface area contributed by atoms with E-state index in [2.05, 4.69) is 47.5 Å². The molecule has 106 valence electrons. The molecule has 2 heteroatoms. The molecule has 1 atom stereocenters. The van der Waals surface area contributed by atoms with Gasteiger partial charge in [-0.2, -0.15) is 0 Å². The number of nitrogens with one attached hydrogen (secondary N) is 1. The fourth-order valence-electron chi connectivity index (χ4n) is 3.06. The van der Waals surface area contributed by atoms with Gasteiger partial charge in [-0.3, -0.25) is 4.90 Å². The van der Waals surface area contributed by atoms with E-state index < -0.39 is 0 Å². The maximum absolute atomic E-state index is 3.43. The van der Waals surface area contributed by atoms with E-state index in [9.17, 15) is 0 Å². The fraction of sp³-hybridized carbons (Fsp3) is 0.647. The molecule has 0 saturated carbocycles. The quantitative estimate of drug-likeness (QED) is 0.757. The van der Waals surface area contributed by atoms with E-state index in [-0.39, 0.29) is 0 Å². The highest BCUT2D eigenvalue weighted by molar-refractivity contribution is 5.14. The first-order valence-electron chi connectivity index (χ1n) is 7.85. The molecule has 1 aromatic carbocycles. The molecule has 2 rings (SSSR count). The third kappa shape index (κ3) is 5.33. The molecule has 2 nitrogen and oxygen atoms in total. The van der Waals surface area contributed by atoms with Crippen LogP contribution < -0.4 is 5.32 Å². The molecular formula is C17H28N2. The van der Waals surface area contributed by atoms with E-state index in [4.69, 9.17) is 0 Å². The van der Waals surface area contributed by atoms with Gasteiger partial charge < -0.3 is 5.32 Å². The predicted octanol–water partition coefficient (Wildman–Crippen LogP) is 3.29. The topological polar surface area (TPSA) is 15.3 Å². The Morgan fingerprint density at radius 2 is 2.11 bits per heavy atom. The van der Waals surface area contributed by atoms with Crippen molar-refractivity contribution in [2.75, 3.05) is 26.2 Å². The van der Waals surface area contributed by atoms with E-state index in [0.29, 0.717) is 0 Å². The minimum Gasteiger partial charge on any atom is -0.317 e. The van der Waals surface area contributed by atoms with Gasteiger partial charge in [0.15, 0.2) is 0 Å². The van der Waals surface area contributed by atoms with E-state index in [0.717, 1.165) is 19.0 Å². The van der Waals surface area contributed by atoms with Gasteiger partial charge in [-0.15, -0.1) is 0 Å². The normalized spacial score (nSPS) is 20.6. The molecule has 1 aliphatic rings. The molecule has 0 aliphatic carbocycles. The Labute approximate surface area is 118 Å². The second-order valence-corrected chi connectivity index (χ2v) is 5.72. The van der Waals surface area contributed by atoms with Crippen LogP contribution in [0.15, 0.2) is 30.3 Å². The summed E-state index contributed by atoms with van der Waals surface area (Å²) in [5.74, 6) is 0.913. The van der Waals surface area contributed by atoms with Crippen LogP contribution in [-0.2, 0) is 6.54 Å². The van der Waals surface area contributed by atoms with Gasteiger partial charge in [-0.1, -0.05) is 37.3 Å². The fourth-order valence-corrected chi connectivity index (χ4v) is 3.06. The first kappa shape index (κ1) is 14.5. The van der Waals surface area contributed by atoms with Crippen LogP contribution in [0.3, 0.4) is 0 Å². The monoisotopic (exact) mass is 260 g/mol. The highest BCUT2D eigenvalue weighted by Gasteiger charge is 2.19. The number of hydrogen-bond acceptors (Lipinski definition) is 2. The number of piperidine rings is 1. The summed E-state index contributed by atoms with van der Waals surface area (Å²) >= 11 is 0. The number of benzene rings is 1. The molecule has 1 N–H and O–H groups in total. The van der Waals surface area contributed by atoms with Crippen LogP contribution in [-0.4, -0.2) is 31.1 Å². The minimum atomic E-state index is 0.913. The third-order valence-electron chi connectivity index (χ3n) is 4.07. The molecule has 0 unspecified atom stereocenters. The highest BCUT2D eigenvalue weighted by atomic mass is 15.1. The summed E-state index contributed by atoms with van der Waals surface area (Å²) in [4.78, 5) is 2.64. The first-order valence-corrected chi connectivity index (χ1v) is 7.85. The third-order valence-corrected chi connectivity index (χ3v) is 4.07. The van der Waals surface area contributed by atoms with E-state index in [1.807, 2.05) is 0 Å². The summed E-state index contributed by atoms with van der Waals surface area (Å²) in [6.45, 7) is 8.17. The van der Waals surface area contributed by atoms with Gasteiger partial charge in [-0.25, -0.2) is 0 Å². The minimum absolute atomic E-state index is 0.913. The zero-order valence-electron chi connectivity index (χ0n) is 12.3. The molecule has 1 heterocycles. The van der Waals surface area contributed by atoms with Crippen LogP contribution in [0.25, 0.3) is 0 Å². The molecule has 1 fully saturated rings. The van der Waals surface area contributed by atoms with Crippen LogP contribution in [0, 0.1) is 5.92 Å². The Balaban J connectivity index is 1.71. The largest absolute Gasteiger partial charge is 0.317 e. The number of hydrogen-bond donors (Lipinski definition) is 1. The maximum Gasteiger partial charge on any atom is 0.0233 e. The van der Waals surface area contributed by atoms with Crippen molar-refractivity contribution in [2.45, 2.75) is 39.2 Å². The molecule has 0 radical (unpaired) electrons. The summed E-state index contributed by atoms with van der Waals surface area (Å²) < 4.78 is 0. The van der Waals surface area contributed by atoms with Crippen molar-refractivity contribution >= 4 is 0 Å². The van der Waals surface area contributed by atoms with Crippen LogP contribution in [0.4, 0.5) is 0 Å². The number of nitrogens with zero attached hydrogens (tertiary/aromatic N) is 1. The lowest BCUT2D eigenvalue weighted by Crippen LogP contribution is -2.35. The lowest BCUT2D eigenvalue weighted by Gasteiger charge is -2.32. The smallest absolute Gasteiger partial charge is 0.0233 e. The second kappa shape index (κ2) is 8.34. The van der Waals surface area contributed by atoms with Crippen molar-refractivity contribution in [1.29, 1.82) is 0 Å². The Kier molecular flexibility index (Phi) is 6.38. The van der Waals surface area contributed by atoms with Gasteiger partial charge in [0.25, 0.3) is 0 Å². The standard InChI is InChI=1S/C17H28N2/c1-2-18-12-6-10-17-11-7-13-19(15-17)14-16-8-4-3-5-9-16/h3-5,8-9,17-18H,2,6-7,10-15H2,1H3/t17-/m0/s1. The lowest BCUT2D eigenvalue weighted by atomic mass is 9.93. The van der Waals surface area contributed by atoms with E-state index in [1.165, 1.54) is 50.9 Å². The van der Waals surface area contributed by atoms with Crippen LogP contribution in [0.5, 0.6) is 0 Å².